The van der Waals surface area contributed by atoms with Gasteiger partial charge >= 0.3 is 0 Å². The summed E-state index contributed by atoms with van der Waals surface area (Å²) in [5, 5.41) is 17.3. The maximum Gasteiger partial charge on any atom is 0.225 e. The van der Waals surface area contributed by atoms with Crippen LogP contribution in [-0.2, 0) is 11.3 Å². The molecule has 0 spiro atoms. The van der Waals surface area contributed by atoms with Crippen molar-refractivity contribution in [1.82, 2.24) is 15.1 Å². The van der Waals surface area contributed by atoms with E-state index in [1.165, 1.54) is 0 Å². The fraction of sp³-hybridized carbons (Fsp3) is 0.333. The molecule has 1 saturated heterocycles. The lowest BCUT2D eigenvalue weighted by molar-refractivity contribution is -0.128. The molecule has 1 aliphatic rings. The highest BCUT2D eigenvalue weighted by Crippen LogP contribution is 2.18. The first kappa shape index (κ1) is 10.3. The van der Waals surface area contributed by atoms with Crippen LogP contribution in [0.2, 0.25) is 0 Å². The Balaban J connectivity index is 1.82. The number of carbonyl (C=O) groups excluding carboxylic acids is 1. The Hall–Kier alpha value is -1.88. The molecule has 1 unspecified atom stereocenters. The lowest BCUT2D eigenvalue weighted by Crippen LogP contribution is -2.25. The van der Waals surface area contributed by atoms with Crippen molar-refractivity contribution in [3.63, 3.8) is 0 Å². The van der Waals surface area contributed by atoms with Gasteiger partial charge in [0.15, 0.2) is 0 Å². The number of fused-ring (bicyclic) bond motifs is 1. The summed E-state index contributed by atoms with van der Waals surface area (Å²) in [7, 11) is 0. The maximum atomic E-state index is 11.6. The first-order chi connectivity index (χ1) is 8.22. The zero-order valence-corrected chi connectivity index (χ0v) is 9.26. The summed E-state index contributed by atoms with van der Waals surface area (Å²) in [5.41, 5.74) is 2.04. The Morgan fingerprint density at radius 3 is 3.18 bits per heavy atom. The number of benzene rings is 1. The average Bonchev–Trinajstić information content (AvgIpc) is 2.85. The van der Waals surface area contributed by atoms with Crippen molar-refractivity contribution in [2.24, 2.45) is 0 Å². The van der Waals surface area contributed by atoms with Crippen LogP contribution in [-0.4, -0.2) is 38.8 Å². The first-order valence-corrected chi connectivity index (χ1v) is 5.60. The number of nitrogens with one attached hydrogen (secondary N) is 1. The molecule has 17 heavy (non-hydrogen) atoms. The molecule has 0 aliphatic carbocycles. The molecule has 2 aromatic rings. The highest BCUT2D eigenvalue weighted by molar-refractivity contribution is 5.80. The van der Waals surface area contributed by atoms with E-state index in [0.717, 1.165) is 16.5 Å². The quantitative estimate of drug-likeness (QED) is 0.797. The molecule has 1 fully saturated rings. The summed E-state index contributed by atoms with van der Waals surface area (Å²) >= 11 is 0. The number of aliphatic hydroxyl groups excluding tert-OH is 1. The van der Waals surface area contributed by atoms with E-state index in [2.05, 4.69) is 10.2 Å². The minimum absolute atomic E-state index is 0.0183. The van der Waals surface area contributed by atoms with E-state index < -0.39 is 6.10 Å². The minimum Gasteiger partial charge on any atom is -0.391 e. The van der Waals surface area contributed by atoms with E-state index in [9.17, 15) is 9.90 Å². The highest BCUT2D eigenvalue weighted by atomic mass is 16.3. The van der Waals surface area contributed by atoms with Crippen LogP contribution in [0.15, 0.2) is 24.4 Å². The van der Waals surface area contributed by atoms with Gasteiger partial charge in [-0.3, -0.25) is 9.89 Å². The number of nitrogens with zero attached hydrogens (tertiary/aromatic N) is 2. The van der Waals surface area contributed by atoms with E-state index in [1.807, 2.05) is 18.2 Å². The predicted molar refractivity (Wildman–Crippen MR) is 62.1 cm³/mol. The van der Waals surface area contributed by atoms with Crippen molar-refractivity contribution in [3.05, 3.63) is 30.0 Å². The number of likely N-dealkylation sites (tertiary alicyclic amines) is 1. The molecule has 1 atom stereocenters. The van der Waals surface area contributed by atoms with Gasteiger partial charge < -0.3 is 10.0 Å². The molecular weight excluding hydrogens is 218 g/mol. The van der Waals surface area contributed by atoms with Crippen molar-refractivity contribution in [2.45, 2.75) is 19.1 Å². The Kier molecular flexibility index (Phi) is 2.33. The van der Waals surface area contributed by atoms with Crippen LogP contribution >= 0.6 is 0 Å². The smallest absolute Gasteiger partial charge is 0.225 e. The first-order valence-electron chi connectivity index (χ1n) is 5.60. The largest absolute Gasteiger partial charge is 0.391 e. The summed E-state index contributed by atoms with van der Waals surface area (Å²) in [6.07, 6.45) is 1.49. The number of aromatic amines is 1. The summed E-state index contributed by atoms with van der Waals surface area (Å²) in [6, 6.07) is 5.93. The van der Waals surface area contributed by atoms with Crippen LogP contribution in [0.4, 0.5) is 0 Å². The second-order valence-electron chi connectivity index (χ2n) is 4.42. The molecule has 5 heteroatoms. The predicted octanol–water partition coefficient (Wildman–Crippen LogP) is 0.656. The number of rotatable bonds is 2. The molecule has 3 rings (SSSR count). The number of aromatic nitrogens is 2. The Labute approximate surface area is 98.0 Å². The van der Waals surface area contributed by atoms with Gasteiger partial charge in [-0.1, -0.05) is 6.07 Å². The number of carbonyl (C=O) groups is 1. The lowest BCUT2D eigenvalue weighted by Gasteiger charge is -2.15. The Morgan fingerprint density at radius 1 is 1.53 bits per heavy atom. The fourth-order valence-corrected chi connectivity index (χ4v) is 2.22. The number of amides is 1. The lowest BCUT2D eigenvalue weighted by atomic mass is 10.1. The topological polar surface area (TPSA) is 69.2 Å². The maximum absolute atomic E-state index is 11.6. The van der Waals surface area contributed by atoms with Gasteiger partial charge in [0.2, 0.25) is 5.91 Å². The van der Waals surface area contributed by atoms with Crippen molar-refractivity contribution in [1.29, 1.82) is 0 Å². The molecule has 2 heterocycles. The Morgan fingerprint density at radius 2 is 2.41 bits per heavy atom. The van der Waals surface area contributed by atoms with Crippen LogP contribution < -0.4 is 0 Å². The molecule has 1 aromatic carbocycles. The zero-order valence-electron chi connectivity index (χ0n) is 9.26. The third-order valence-corrected chi connectivity index (χ3v) is 3.07. The minimum atomic E-state index is -0.514. The van der Waals surface area contributed by atoms with Gasteiger partial charge in [0, 0.05) is 18.5 Å². The van der Waals surface area contributed by atoms with E-state index in [4.69, 9.17) is 0 Å². The van der Waals surface area contributed by atoms with E-state index >= 15 is 0 Å². The van der Waals surface area contributed by atoms with Crippen molar-refractivity contribution in [2.75, 3.05) is 6.54 Å². The number of β-amino-alcohol motifs (C(OH)–C–C–N with tert-alkyl or cyclic N) is 1. The third-order valence-electron chi connectivity index (χ3n) is 3.07. The van der Waals surface area contributed by atoms with Crippen LogP contribution in [0.1, 0.15) is 12.0 Å². The molecule has 2 N–H and O–H groups in total. The monoisotopic (exact) mass is 231 g/mol. The molecule has 0 radical (unpaired) electrons. The van der Waals surface area contributed by atoms with Crippen molar-refractivity contribution >= 4 is 16.8 Å². The number of hydrogen-bond acceptors (Lipinski definition) is 3. The zero-order chi connectivity index (χ0) is 11.8. The molecule has 1 aromatic heterocycles. The van der Waals surface area contributed by atoms with Gasteiger partial charge in [-0.05, 0) is 17.7 Å². The van der Waals surface area contributed by atoms with Crippen LogP contribution in [0.5, 0.6) is 0 Å². The second-order valence-corrected chi connectivity index (χ2v) is 4.42. The van der Waals surface area contributed by atoms with Gasteiger partial charge in [0.25, 0.3) is 0 Å². The normalized spacial score (nSPS) is 20.4. The molecule has 0 saturated carbocycles. The third kappa shape index (κ3) is 1.89. The van der Waals surface area contributed by atoms with Gasteiger partial charge in [-0.25, -0.2) is 0 Å². The highest BCUT2D eigenvalue weighted by Gasteiger charge is 2.27. The van der Waals surface area contributed by atoms with Crippen molar-refractivity contribution in [3.8, 4) is 0 Å². The van der Waals surface area contributed by atoms with Gasteiger partial charge in [-0.15, -0.1) is 0 Å². The molecule has 1 amide bonds. The van der Waals surface area contributed by atoms with Gasteiger partial charge in [0.1, 0.15) is 0 Å². The second kappa shape index (κ2) is 3.85. The number of aliphatic hydroxyl groups is 1. The van der Waals surface area contributed by atoms with Gasteiger partial charge in [-0.2, -0.15) is 5.10 Å². The molecule has 5 nitrogen and oxygen atoms in total. The molecule has 0 bridgehead atoms. The van der Waals surface area contributed by atoms with Crippen LogP contribution in [0.3, 0.4) is 0 Å². The van der Waals surface area contributed by atoms with E-state index in [1.54, 1.807) is 11.1 Å². The molecular formula is C12H13N3O2. The van der Waals surface area contributed by atoms with Crippen LogP contribution in [0, 0.1) is 0 Å². The number of H-pyrrole nitrogens is 1. The molecule has 88 valence electrons. The summed E-state index contributed by atoms with van der Waals surface area (Å²) < 4.78 is 0. The SMILES string of the molecule is O=C1CC(O)CN1Cc1ccc2[nH]ncc2c1. The Bertz CT molecular complexity index is 564. The van der Waals surface area contributed by atoms with E-state index in [-0.39, 0.29) is 12.3 Å². The standard InChI is InChI=1S/C12H13N3O2/c16-10-4-12(17)15(7-10)6-8-1-2-11-9(3-8)5-13-14-11/h1-3,5,10,16H,4,6-7H2,(H,13,14). The summed E-state index contributed by atoms with van der Waals surface area (Å²) in [5.74, 6) is 0.0183. The molecule has 1 aliphatic heterocycles. The van der Waals surface area contributed by atoms with E-state index in [0.29, 0.717) is 13.1 Å². The fourth-order valence-electron chi connectivity index (χ4n) is 2.22. The number of hydrogen-bond donors (Lipinski definition) is 2. The summed E-state index contributed by atoms with van der Waals surface area (Å²) in [4.78, 5) is 13.2. The summed E-state index contributed by atoms with van der Waals surface area (Å²) in [6.45, 7) is 0.985. The van der Waals surface area contributed by atoms with Gasteiger partial charge in [0.05, 0.1) is 24.2 Å². The average molecular weight is 231 g/mol. The van der Waals surface area contributed by atoms with Crippen LogP contribution in [0.25, 0.3) is 10.9 Å². The van der Waals surface area contributed by atoms with Crippen molar-refractivity contribution < 1.29 is 9.90 Å².